The molecule has 1 aliphatic heterocycles. The van der Waals surface area contributed by atoms with Gasteiger partial charge in [0.2, 0.25) is 5.95 Å². The van der Waals surface area contributed by atoms with Crippen LogP contribution in [0.2, 0.25) is 0 Å². The zero-order valence-corrected chi connectivity index (χ0v) is 16.0. The van der Waals surface area contributed by atoms with Gasteiger partial charge in [0.25, 0.3) is 5.91 Å². The van der Waals surface area contributed by atoms with Crippen LogP contribution < -0.4 is 10.6 Å². The Morgan fingerprint density at radius 1 is 1.14 bits per heavy atom. The number of amides is 1. The largest absolute Gasteiger partial charge is 0.379 e. The van der Waals surface area contributed by atoms with E-state index >= 15 is 0 Å². The standard InChI is InChI=1S/C20H23FN6O2/c21-16-7-5-15(6-8-16)19(28)24-20-23-18-4-1-3-17(27(18)25-20)22-9-2-10-26-11-13-29-14-12-26/h1,3-8,22H,2,9-14H2,(H,24,25,28). The van der Waals surface area contributed by atoms with Gasteiger partial charge in [0.15, 0.2) is 5.65 Å². The monoisotopic (exact) mass is 398 g/mol. The summed E-state index contributed by atoms with van der Waals surface area (Å²) < 4.78 is 20.0. The molecule has 0 atom stereocenters. The number of pyridine rings is 1. The topological polar surface area (TPSA) is 83.8 Å². The molecular weight excluding hydrogens is 375 g/mol. The van der Waals surface area contributed by atoms with Gasteiger partial charge >= 0.3 is 0 Å². The average Bonchev–Trinajstić information content (AvgIpc) is 3.15. The number of aromatic nitrogens is 3. The zero-order chi connectivity index (χ0) is 20.1. The van der Waals surface area contributed by atoms with E-state index < -0.39 is 5.82 Å². The van der Waals surface area contributed by atoms with E-state index in [1.807, 2.05) is 18.2 Å². The van der Waals surface area contributed by atoms with Gasteiger partial charge < -0.3 is 10.1 Å². The van der Waals surface area contributed by atoms with Crippen molar-refractivity contribution in [2.45, 2.75) is 6.42 Å². The Labute approximate surface area is 167 Å². The van der Waals surface area contributed by atoms with Gasteiger partial charge in [-0.3, -0.25) is 15.0 Å². The minimum Gasteiger partial charge on any atom is -0.379 e. The van der Waals surface area contributed by atoms with Gasteiger partial charge in [-0.1, -0.05) is 6.07 Å². The quantitative estimate of drug-likeness (QED) is 0.594. The number of nitrogens with one attached hydrogen (secondary N) is 2. The molecule has 29 heavy (non-hydrogen) atoms. The minimum absolute atomic E-state index is 0.196. The average molecular weight is 398 g/mol. The van der Waals surface area contributed by atoms with Gasteiger partial charge in [0, 0.05) is 25.2 Å². The molecule has 0 radical (unpaired) electrons. The Morgan fingerprint density at radius 2 is 1.93 bits per heavy atom. The molecule has 3 aromatic rings. The Balaban J connectivity index is 1.37. The van der Waals surface area contributed by atoms with E-state index in [1.54, 1.807) is 4.52 Å². The smallest absolute Gasteiger partial charge is 0.258 e. The number of hydrogen-bond acceptors (Lipinski definition) is 6. The molecule has 3 heterocycles. The first-order valence-electron chi connectivity index (χ1n) is 9.66. The lowest BCUT2D eigenvalue weighted by atomic mass is 10.2. The third kappa shape index (κ3) is 4.87. The fourth-order valence-electron chi connectivity index (χ4n) is 3.21. The minimum atomic E-state index is -0.392. The van der Waals surface area contributed by atoms with Crippen molar-refractivity contribution in [2.24, 2.45) is 0 Å². The molecule has 1 aliphatic rings. The van der Waals surface area contributed by atoms with Crippen LogP contribution in [0.3, 0.4) is 0 Å². The van der Waals surface area contributed by atoms with Crippen molar-refractivity contribution < 1.29 is 13.9 Å². The van der Waals surface area contributed by atoms with Gasteiger partial charge in [0.05, 0.1) is 13.2 Å². The van der Waals surface area contributed by atoms with Crippen LogP contribution in [0.1, 0.15) is 16.8 Å². The van der Waals surface area contributed by atoms with Crippen LogP contribution in [0.5, 0.6) is 0 Å². The molecule has 0 bridgehead atoms. The maximum Gasteiger partial charge on any atom is 0.258 e. The second-order valence-corrected chi connectivity index (χ2v) is 6.81. The summed E-state index contributed by atoms with van der Waals surface area (Å²) in [6.07, 6.45) is 0.999. The molecule has 2 N–H and O–H groups in total. The van der Waals surface area contributed by atoms with Gasteiger partial charge in [-0.05, 0) is 49.4 Å². The number of rotatable bonds is 7. The number of morpholine rings is 1. The first kappa shape index (κ1) is 19.3. The SMILES string of the molecule is O=C(Nc1nc2cccc(NCCCN3CCOCC3)n2n1)c1ccc(F)cc1. The van der Waals surface area contributed by atoms with Crippen molar-refractivity contribution in [3.05, 3.63) is 53.8 Å². The lowest BCUT2D eigenvalue weighted by Gasteiger charge is -2.26. The maximum atomic E-state index is 13.0. The highest BCUT2D eigenvalue weighted by molar-refractivity contribution is 6.03. The molecule has 1 fully saturated rings. The molecule has 0 unspecified atom stereocenters. The van der Waals surface area contributed by atoms with Crippen LogP contribution in [-0.2, 0) is 4.74 Å². The van der Waals surface area contributed by atoms with Crippen molar-refractivity contribution in [3.8, 4) is 0 Å². The molecule has 0 saturated carbocycles. The van der Waals surface area contributed by atoms with E-state index in [-0.39, 0.29) is 11.9 Å². The predicted octanol–water partition coefficient (Wildman–Crippen LogP) is 2.25. The van der Waals surface area contributed by atoms with Crippen molar-refractivity contribution in [1.82, 2.24) is 19.5 Å². The van der Waals surface area contributed by atoms with E-state index in [0.717, 1.165) is 51.6 Å². The highest BCUT2D eigenvalue weighted by atomic mass is 19.1. The Hall–Kier alpha value is -3.04. The summed E-state index contributed by atoms with van der Waals surface area (Å²) in [5.74, 6) is 0.221. The van der Waals surface area contributed by atoms with Gasteiger partial charge in [-0.25, -0.2) is 4.39 Å². The Kier molecular flexibility index (Phi) is 5.97. The zero-order valence-electron chi connectivity index (χ0n) is 16.0. The van der Waals surface area contributed by atoms with E-state index in [2.05, 4.69) is 25.6 Å². The van der Waals surface area contributed by atoms with E-state index in [0.29, 0.717) is 11.2 Å². The Bertz CT molecular complexity index is 969. The van der Waals surface area contributed by atoms with Crippen LogP contribution in [0.25, 0.3) is 5.65 Å². The molecule has 1 saturated heterocycles. The molecule has 2 aromatic heterocycles. The number of carbonyl (C=O) groups is 1. The van der Waals surface area contributed by atoms with Crippen molar-refractivity contribution in [3.63, 3.8) is 0 Å². The normalized spacial score (nSPS) is 14.8. The van der Waals surface area contributed by atoms with Gasteiger partial charge in [-0.15, -0.1) is 5.10 Å². The summed E-state index contributed by atoms with van der Waals surface area (Å²) in [7, 11) is 0. The van der Waals surface area contributed by atoms with Crippen LogP contribution in [0.15, 0.2) is 42.5 Å². The molecule has 4 rings (SSSR count). The fourth-order valence-corrected chi connectivity index (χ4v) is 3.21. The number of nitrogens with zero attached hydrogens (tertiary/aromatic N) is 4. The number of hydrogen-bond donors (Lipinski definition) is 2. The highest BCUT2D eigenvalue weighted by Gasteiger charge is 2.12. The highest BCUT2D eigenvalue weighted by Crippen LogP contribution is 2.14. The third-order valence-electron chi connectivity index (χ3n) is 4.75. The number of benzene rings is 1. The number of fused-ring (bicyclic) bond motifs is 1. The lowest BCUT2D eigenvalue weighted by molar-refractivity contribution is 0.0378. The summed E-state index contributed by atoms with van der Waals surface area (Å²) in [5.41, 5.74) is 0.962. The number of ether oxygens (including phenoxy) is 1. The van der Waals surface area contributed by atoms with Crippen molar-refractivity contribution >= 4 is 23.3 Å². The van der Waals surface area contributed by atoms with Gasteiger partial charge in [0.1, 0.15) is 11.6 Å². The molecule has 9 heteroatoms. The summed E-state index contributed by atoms with van der Waals surface area (Å²) >= 11 is 0. The molecule has 8 nitrogen and oxygen atoms in total. The van der Waals surface area contributed by atoms with Crippen molar-refractivity contribution in [2.75, 3.05) is 50.0 Å². The van der Waals surface area contributed by atoms with Crippen molar-refractivity contribution in [1.29, 1.82) is 0 Å². The number of carbonyl (C=O) groups excluding carboxylic acids is 1. The molecular formula is C20H23FN6O2. The van der Waals surface area contributed by atoms with Crippen LogP contribution in [0.4, 0.5) is 16.2 Å². The Morgan fingerprint density at radius 3 is 2.72 bits per heavy atom. The van der Waals surface area contributed by atoms with E-state index in [4.69, 9.17) is 4.74 Å². The summed E-state index contributed by atoms with van der Waals surface area (Å²) in [6, 6.07) is 10.9. The first-order chi connectivity index (χ1) is 14.2. The first-order valence-corrected chi connectivity index (χ1v) is 9.66. The summed E-state index contributed by atoms with van der Waals surface area (Å²) in [6.45, 7) is 5.39. The fraction of sp³-hybridized carbons (Fsp3) is 0.350. The van der Waals surface area contributed by atoms with Gasteiger partial charge in [-0.2, -0.15) is 9.50 Å². The number of anilines is 2. The van der Waals surface area contributed by atoms with Crippen LogP contribution in [0, 0.1) is 5.82 Å². The van der Waals surface area contributed by atoms with E-state index in [1.165, 1.54) is 24.3 Å². The third-order valence-corrected chi connectivity index (χ3v) is 4.75. The molecule has 152 valence electrons. The molecule has 1 amide bonds. The summed E-state index contributed by atoms with van der Waals surface area (Å²) in [4.78, 5) is 19.0. The molecule has 0 aliphatic carbocycles. The molecule has 1 aromatic carbocycles. The molecule has 0 spiro atoms. The second-order valence-electron chi connectivity index (χ2n) is 6.81. The lowest BCUT2D eigenvalue weighted by Crippen LogP contribution is -2.37. The number of halogens is 1. The maximum absolute atomic E-state index is 13.0. The summed E-state index contributed by atoms with van der Waals surface area (Å²) in [5, 5.41) is 10.4. The second kappa shape index (κ2) is 8.97. The van der Waals surface area contributed by atoms with E-state index in [9.17, 15) is 9.18 Å². The predicted molar refractivity (Wildman–Crippen MR) is 108 cm³/mol. The van der Waals surface area contributed by atoms with Crippen LogP contribution in [-0.4, -0.2) is 64.8 Å². The van der Waals surface area contributed by atoms with Crippen LogP contribution >= 0.6 is 0 Å².